The summed E-state index contributed by atoms with van der Waals surface area (Å²) >= 11 is 0. The summed E-state index contributed by atoms with van der Waals surface area (Å²) in [6.07, 6.45) is 8.49. The van der Waals surface area contributed by atoms with Crippen molar-refractivity contribution < 1.29 is 0 Å². The molecule has 0 aromatic carbocycles. The molecule has 96 valence electrons. The molecular formula is C12H26IN3. The van der Waals surface area contributed by atoms with Gasteiger partial charge in [0.15, 0.2) is 5.96 Å². The summed E-state index contributed by atoms with van der Waals surface area (Å²) in [6, 6.07) is 0. The molecule has 0 radical (unpaired) electrons. The van der Waals surface area contributed by atoms with Crippen LogP contribution < -0.4 is 10.6 Å². The minimum absolute atomic E-state index is 0. The molecule has 0 atom stereocenters. The van der Waals surface area contributed by atoms with Gasteiger partial charge >= 0.3 is 0 Å². The van der Waals surface area contributed by atoms with Crippen LogP contribution >= 0.6 is 24.0 Å². The standard InChI is InChI=1S/C12H25N3.HI/c1-3-14-12(13-2)15-10-6-9-11-7-4-5-8-11;/h11H,3-10H2,1-2H3,(H2,13,14,15);1H. The molecule has 2 N–H and O–H groups in total. The molecule has 0 bridgehead atoms. The molecule has 0 unspecified atom stereocenters. The normalized spacial score (nSPS) is 17.0. The Labute approximate surface area is 117 Å². The number of guanidine groups is 1. The van der Waals surface area contributed by atoms with Crippen LogP contribution in [0.5, 0.6) is 0 Å². The molecular weight excluding hydrogens is 313 g/mol. The summed E-state index contributed by atoms with van der Waals surface area (Å²) < 4.78 is 0. The molecule has 1 saturated carbocycles. The van der Waals surface area contributed by atoms with E-state index in [1.807, 2.05) is 7.05 Å². The van der Waals surface area contributed by atoms with Gasteiger partial charge in [-0.05, 0) is 25.7 Å². The van der Waals surface area contributed by atoms with Gasteiger partial charge in [0.25, 0.3) is 0 Å². The number of aliphatic imine (C=N–C) groups is 1. The number of nitrogens with one attached hydrogen (secondary N) is 2. The van der Waals surface area contributed by atoms with Crippen LogP contribution in [-0.2, 0) is 0 Å². The fourth-order valence-electron chi connectivity index (χ4n) is 2.28. The molecule has 0 aromatic rings. The number of nitrogens with zero attached hydrogens (tertiary/aromatic N) is 1. The molecule has 1 aliphatic carbocycles. The van der Waals surface area contributed by atoms with Crippen molar-refractivity contribution in [3.63, 3.8) is 0 Å². The molecule has 0 amide bonds. The van der Waals surface area contributed by atoms with Crippen LogP contribution in [0.15, 0.2) is 4.99 Å². The Morgan fingerprint density at radius 3 is 2.50 bits per heavy atom. The first-order valence-corrected chi connectivity index (χ1v) is 6.31. The molecule has 1 fully saturated rings. The molecule has 1 rings (SSSR count). The highest BCUT2D eigenvalue weighted by Gasteiger charge is 2.13. The number of rotatable bonds is 5. The summed E-state index contributed by atoms with van der Waals surface area (Å²) in [6.45, 7) is 4.07. The van der Waals surface area contributed by atoms with Crippen LogP contribution in [0, 0.1) is 5.92 Å². The van der Waals surface area contributed by atoms with Gasteiger partial charge in [-0.3, -0.25) is 4.99 Å². The van der Waals surface area contributed by atoms with Gasteiger partial charge < -0.3 is 10.6 Å². The van der Waals surface area contributed by atoms with E-state index >= 15 is 0 Å². The van der Waals surface area contributed by atoms with Crippen molar-refractivity contribution in [2.75, 3.05) is 20.1 Å². The van der Waals surface area contributed by atoms with Crippen LogP contribution in [0.2, 0.25) is 0 Å². The van der Waals surface area contributed by atoms with E-state index in [9.17, 15) is 0 Å². The van der Waals surface area contributed by atoms with E-state index in [1.54, 1.807) is 0 Å². The Balaban J connectivity index is 0.00000225. The fourth-order valence-corrected chi connectivity index (χ4v) is 2.28. The lowest BCUT2D eigenvalue weighted by Crippen LogP contribution is -2.37. The van der Waals surface area contributed by atoms with E-state index in [1.165, 1.54) is 38.5 Å². The Bertz CT molecular complexity index is 189. The average Bonchev–Trinajstić information content (AvgIpc) is 2.75. The highest BCUT2D eigenvalue weighted by atomic mass is 127. The van der Waals surface area contributed by atoms with Crippen molar-refractivity contribution in [2.24, 2.45) is 10.9 Å². The Morgan fingerprint density at radius 2 is 1.94 bits per heavy atom. The minimum atomic E-state index is 0. The van der Waals surface area contributed by atoms with Crippen molar-refractivity contribution >= 4 is 29.9 Å². The molecule has 0 spiro atoms. The maximum Gasteiger partial charge on any atom is 0.190 e. The first-order valence-electron chi connectivity index (χ1n) is 6.31. The summed E-state index contributed by atoms with van der Waals surface area (Å²) in [5, 5.41) is 6.53. The van der Waals surface area contributed by atoms with Gasteiger partial charge in [-0.25, -0.2) is 0 Å². The summed E-state index contributed by atoms with van der Waals surface area (Å²) in [7, 11) is 1.82. The van der Waals surface area contributed by atoms with Crippen LogP contribution in [0.1, 0.15) is 45.4 Å². The quantitative estimate of drug-likeness (QED) is 0.350. The zero-order chi connectivity index (χ0) is 10.9. The van der Waals surface area contributed by atoms with Gasteiger partial charge in [-0.1, -0.05) is 25.7 Å². The predicted octanol–water partition coefficient (Wildman–Crippen LogP) is 2.76. The van der Waals surface area contributed by atoms with Gasteiger partial charge in [0.2, 0.25) is 0 Å². The van der Waals surface area contributed by atoms with E-state index in [-0.39, 0.29) is 24.0 Å². The number of hydrogen-bond acceptors (Lipinski definition) is 1. The summed E-state index contributed by atoms with van der Waals surface area (Å²) in [5.41, 5.74) is 0. The second-order valence-electron chi connectivity index (χ2n) is 4.32. The van der Waals surface area contributed by atoms with Gasteiger partial charge in [-0.2, -0.15) is 0 Å². The zero-order valence-corrected chi connectivity index (χ0v) is 12.9. The lowest BCUT2D eigenvalue weighted by Gasteiger charge is -2.12. The van der Waals surface area contributed by atoms with E-state index in [4.69, 9.17) is 0 Å². The lowest BCUT2D eigenvalue weighted by atomic mass is 10.0. The molecule has 16 heavy (non-hydrogen) atoms. The van der Waals surface area contributed by atoms with Gasteiger partial charge in [-0.15, -0.1) is 24.0 Å². The van der Waals surface area contributed by atoms with Gasteiger partial charge in [0.05, 0.1) is 0 Å². The molecule has 0 aliphatic heterocycles. The third kappa shape index (κ3) is 6.55. The van der Waals surface area contributed by atoms with E-state index in [0.29, 0.717) is 0 Å². The van der Waals surface area contributed by atoms with Crippen LogP contribution in [-0.4, -0.2) is 26.1 Å². The summed E-state index contributed by atoms with van der Waals surface area (Å²) in [4.78, 5) is 4.14. The second kappa shape index (κ2) is 10.2. The fraction of sp³-hybridized carbons (Fsp3) is 0.917. The zero-order valence-electron chi connectivity index (χ0n) is 10.6. The molecule has 1 aliphatic rings. The van der Waals surface area contributed by atoms with Crippen molar-refractivity contribution in [3.8, 4) is 0 Å². The van der Waals surface area contributed by atoms with Crippen molar-refractivity contribution in [2.45, 2.75) is 45.4 Å². The molecule has 3 nitrogen and oxygen atoms in total. The van der Waals surface area contributed by atoms with Crippen molar-refractivity contribution in [1.29, 1.82) is 0 Å². The first kappa shape index (κ1) is 16.0. The lowest BCUT2D eigenvalue weighted by molar-refractivity contribution is 0.481. The molecule has 0 heterocycles. The second-order valence-corrected chi connectivity index (χ2v) is 4.32. The molecule has 0 aromatic heterocycles. The van der Waals surface area contributed by atoms with E-state index in [2.05, 4.69) is 22.5 Å². The molecule has 4 heteroatoms. The van der Waals surface area contributed by atoms with Crippen LogP contribution in [0.3, 0.4) is 0 Å². The highest BCUT2D eigenvalue weighted by Crippen LogP contribution is 2.28. The van der Waals surface area contributed by atoms with Gasteiger partial charge in [0, 0.05) is 20.1 Å². The Hall–Kier alpha value is 0. The average molecular weight is 339 g/mol. The largest absolute Gasteiger partial charge is 0.357 e. The third-order valence-corrected chi connectivity index (χ3v) is 3.12. The minimum Gasteiger partial charge on any atom is -0.357 e. The van der Waals surface area contributed by atoms with E-state index < -0.39 is 0 Å². The smallest absolute Gasteiger partial charge is 0.190 e. The first-order chi connectivity index (χ1) is 7.36. The number of halogens is 1. The SMILES string of the molecule is CCNC(=NC)NCCCC1CCCC1.I. The van der Waals surface area contributed by atoms with Gasteiger partial charge in [0.1, 0.15) is 0 Å². The summed E-state index contributed by atoms with van der Waals surface area (Å²) in [5.74, 6) is 1.94. The monoisotopic (exact) mass is 339 g/mol. The topological polar surface area (TPSA) is 36.4 Å². The predicted molar refractivity (Wildman–Crippen MR) is 81.6 cm³/mol. The maximum absolute atomic E-state index is 4.14. The number of hydrogen-bond donors (Lipinski definition) is 2. The Morgan fingerprint density at radius 1 is 1.25 bits per heavy atom. The third-order valence-electron chi connectivity index (χ3n) is 3.12. The van der Waals surface area contributed by atoms with Crippen molar-refractivity contribution in [1.82, 2.24) is 10.6 Å². The van der Waals surface area contributed by atoms with E-state index in [0.717, 1.165) is 25.0 Å². The maximum atomic E-state index is 4.14. The molecule has 0 saturated heterocycles. The highest BCUT2D eigenvalue weighted by molar-refractivity contribution is 14.0. The Kier molecular flexibility index (Phi) is 10.2. The van der Waals surface area contributed by atoms with Crippen LogP contribution in [0.25, 0.3) is 0 Å². The van der Waals surface area contributed by atoms with Crippen LogP contribution in [0.4, 0.5) is 0 Å². The van der Waals surface area contributed by atoms with Crippen molar-refractivity contribution in [3.05, 3.63) is 0 Å².